The average Bonchev–Trinajstić information content (AvgIpc) is 2.31. The summed E-state index contributed by atoms with van der Waals surface area (Å²) in [5, 5.41) is 10.9. The maximum atomic E-state index is 10.7. The highest BCUT2D eigenvalue weighted by Crippen LogP contribution is 2.20. The van der Waals surface area contributed by atoms with Crippen molar-refractivity contribution in [2.24, 2.45) is 0 Å². The number of hydrogen-bond donors (Lipinski definition) is 0. The Morgan fingerprint density at radius 3 is 3.00 bits per heavy atom. The molecule has 1 aliphatic rings. The van der Waals surface area contributed by atoms with Crippen molar-refractivity contribution < 1.29 is 9.68 Å². The zero-order valence-corrected chi connectivity index (χ0v) is 8.16. The Hall–Kier alpha value is -0.420. The van der Waals surface area contributed by atoms with Crippen LogP contribution in [-0.4, -0.2) is 18.6 Å². The molecule has 0 saturated carbocycles. The quantitative estimate of drug-likeness (QED) is 0.500. The van der Waals surface area contributed by atoms with Crippen LogP contribution in [-0.2, 0) is 9.68 Å². The third-order valence-corrected chi connectivity index (χ3v) is 2.23. The smallest absolute Gasteiger partial charge is 0.0814 e. The summed E-state index contributed by atoms with van der Waals surface area (Å²) in [6, 6.07) is 0. The number of rotatable bonds is 3. The molecule has 1 atom stereocenters. The Morgan fingerprint density at radius 1 is 1.54 bits per heavy atom. The molecule has 0 saturated heterocycles. The molecule has 0 aromatic heterocycles. The van der Waals surface area contributed by atoms with E-state index in [9.17, 15) is 5.21 Å². The number of allylic oxidation sites excluding steroid dienone is 2. The fraction of sp³-hybridized carbons (Fsp3) is 0.778. The van der Waals surface area contributed by atoms with Gasteiger partial charge < -0.3 is 5.21 Å². The minimum atomic E-state index is -0.00819. The van der Waals surface area contributed by atoms with E-state index in [2.05, 4.69) is 17.8 Å². The third kappa shape index (κ3) is 3.87. The van der Waals surface area contributed by atoms with Crippen molar-refractivity contribution in [2.75, 3.05) is 7.11 Å². The minimum absolute atomic E-state index is 0.00819. The summed E-state index contributed by atoms with van der Waals surface area (Å²) in [5.41, 5.74) is 1.38. The lowest BCUT2D eigenvalue weighted by atomic mass is 10.1. The molecule has 0 heterocycles. The van der Waals surface area contributed by atoms with Crippen LogP contribution in [0.25, 0.3) is 0 Å². The van der Waals surface area contributed by atoms with Crippen molar-refractivity contribution in [3.8, 4) is 0 Å². The normalized spacial score (nSPS) is 24.3. The fourth-order valence-corrected chi connectivity index (χ4v) is 1.42. The SMILES string of the molecule is CON([O-])OC1CCC=C(C)CC1. The molecule has 4 nitrogen and oxygen atoms in total. The monoisotopic (exact) mass is 186 g/mol. The first-order valence-corrected chi connectivity index (χ1v) is 4.56. The van der Waals surface area contributed by atoms with Gasteiger partial charge in [0.2, 0.25) is 0 Å². The highest BCUT2D eigenvalue weighted by molar-refractivity contribution is 5.00. The predicted molar refractivity (Wildman–Crippen MR) is 49.3 cm³/mol. The Balaban J connectivity index is 2.29. The van der Waals surface area contributed by atoms with Gasteiger partial charge in [-0.2, -0.15) is 0 Å². The van der Waals surface area contributed by atoms with Crippen LogP contribution in [0.4, 0.5) is 0 Å². The van der Waals surface area contributed by atoms with Crippen LogP contribution in [0, 0.1) is 5.21 Å². The Labute approximate surface area is 78.6 Å². The summed E-state index contributed by atoms with van der Waals surface area (Å²) < 4.78 is 0. The van der Waals surface area contributed by atoms with E-state index in [1.54, 1.807) is 0 Å². The molecular formula is C9H16NO3-. The molecule has 0 amide bonds. The first kappa shape index (κ1) is 10.7. The van der Waals surface area contributed by atoms with Crippen LogP contribution in [0.15, 0.2) is 11.6 Å². The predicted octanol–water partition coefficient (Wildman–Crippen LogP) is 2.17. The molecule has 0 fully saturated rings. The van der Waals surface area contributed by atoms with Gasteiger partial charge in [-0.15, -0.1) is 5.39 Å². The van der Waals surface area contributed by atoms with Gasteiger partial charge in [-0.3, -0.25) is 9.68 Å². The second kappa shape index (κ2) is 5.34. The van der Waals surface area contributed by atoms with Crippen molar-refractivity contribution >= 4 is 0 Å². The largest absolute Gasteiger partial charge is 0.738 e. The second-order valence-electron chi connectivity index (χ2n) is 3.30. The van der Waals surface area contributed by atoms with Gasteiger partial charge in [-0.1, -0.05) is 11.6 Å². The Morgan fingerprint density at radius 2 is 2.31 bits per heavy atom. The van der Waals surface area contributed by atoms with Crippen LogP contribution < -0.4 is 0 Å². The first-order chi connectivity index (χ1) is 6.22. The summed E-state index contributed by atoms with van der Waals surface area (Å²) in [4.78, 5) is 9.35. The van der Waals surface area contributed by atoms with Gasteiger partial charge >= 0.3 is 0 Å². The Bertz CT molecular complexity index is 182. The summed E-state index contributed by atoms with van der Waals surface area (Å²) in [6.45, 7) is 2.10. The molecule has 4 heteroatoms. The minimum Gasteiger partial charge on any atom is -0.738 e. The fourth-order valence-electron chi connectivity index (χ4n) is 1.42. The van der Waals surface area contributed by atoms with E-state index in [0.717, 1.165) is 25.7 Å². The Kier molecular flexibility index (Phi) is 4.38. The average molecular weight is 186 g/mol. The highest BCUT2D eigenvalue weighted by Gasteiger charge is 2.12. The van der Waals surface area contributed by atoms with Gasteiger partial charge in [0.1, 0.15) is 0 Å². The van der Waals surface area contributed by atoms with Crippen molar-refractivity contribution in [3.63, 3.8) is 0 Å². The number of nitrogens with zero attached hydrogens (tertiary/aromatic N) is 1. The molecule has 1 unspecified atom stereocenters. The van der Waals surface area contributed by atoms with Crippen LogP contribution in [0.5, 0.6) is 0 Å². The number of hydrogen-bond acceptors (Lipinski definition) is 4. The zero-order valence-electron chi connectivity index (χ0n) is 8.16. The first-order valence-electron chi connectivity index (χ1n) is 4.56. The van der Waals surface area contributed by atoms with E-state index in [1.165, 1.54) is 12.7 Å². The molecule has 0 aromatic rings. The summed E-state index contributed by atoms with van der Waals surface area (Å²) in [6.07, 6.45) is 5.96. The lowest BCUT2D eigenvalue weighted by Gasteiger charge is -2.28. The summed E-state index contributed by atoms with van der Waals surface area (Å²) >= 11 is 0. The molecule has 0 aromatic carbocycles. The summed E-state index contributed by atoms with van der Waals surface area (Å²) in [7, 11) is 1.30. The molecule has 1 aliphatic carbocycles. The molecule has 76 valence electrons. The van der Waals surface area contributed by atoms with E-state index in [-0.39, 0.29) is 11.5 Å². The molecule has 13 heavy (non-hydrogen) atoms. The van der Waals surface area contributed by atoms with Gasteiger partial charge in [0.05, 0.1) is 13.2 Å². The standard InChI is InChI=1S/C9H16NO3/c1-8-4-3-5-9(7-6-8)13-10(11)12-2/h4,9H,3,5-7H2,1-2H3/q-1. The molecule has 0 aliphatic heterocycles. The van der Waals surface area contributed by atoms with Gasteiger partial charge in [-0.05, 0) is 32.6 Å². The van der Waals surface area contributed by atoms with Gasteiger partial charge in [0, 0.05) is 0 Å². The molecule has 0 N–H and O–H groups in total. The zero-order chi connectivity index (χ0) is 9.68. The van der Waals surface area contributed by atoms with Crippen molar-refractivity contribution in [3.05, 3.63) is 16.9 Å². The van der Waals surface area contributed by atoms with E-state index in [4.69, 9.17) is 4.84 Å². The molecule has 0 bridgehead atoms. The van der Waals surface area contributed by atoms with Gasteiger partial charge in [0.25, 0.3) is 0 Å². The van der Waals surface area contributed by atoms with Crippen molar-refractivity contribution in [2.45, 2.75) is 38.7 Å². The topological polar surface area (TPSA) is 44.8 Å². The highest BCUT2D eigenvalue weighted by atomic mass is 17.1. The van der Waals surface area contributed by atoms with Gasteiger partial charge in [-0.25, -0.2) is 0 Å². The maximum absolute atomic E-state index is 10.7. The van der Waals surface area contributed by atoms with E-state index < -0.39 is 0 Å². The van der Waals surface area contributed by atoms with E-state index >= 15 is 0 Å². The lowest BCUT2D eigenvalue weighted by molar-refractivity contribution is -0.344. The lowest BCUT2D eigenvalue weighted by Crippen LogP contribution is -2.23. The van der Waals surface area contributed by atoms with Crippen molar-refractivity contribution in [1.29, 1.82) is 0 Å². The molecular weight excluding hydrogens is 170 g/mol. The van der Waals surface area contributed by atoms with E-state index in [1.807, 2.05) is 0 Å². The van der Waals surface area contributed by atoms with Crippen LogP contribution in [0.3, 0.4) is 0 Å². The third-order valence-electron chi connectivity index (χ3n) is 2.23. The van der Waals surface area contributed by atoms with Crippen LogP contribution in [0.1, 0.15) is 32.6 Å². The van der Waals surface area contributed by atoms with Crippen LogP contribution >= 0.6 is 0 Å². The molecule has 0 radical (unpaired) electrons. The maximum Gasteiger partial charge on any atom is 0.0814 e. The van der Waals surface area contributed by atoms with Crippen LogP contribution in [0.2, 0.25) is 0 Å². The second-order valence-corrected chi connectivity index (χ2v) is 3.30. The molecule has 1 rings (SSSR count). The van der Waals surface area contributed by atoms with Gasteiger partial charge in [0.15, 0.2) is 0 Å². The van der Waals surface area contributed by atoms with Crippen molar-refractivity contribution in [1.82, 2.24) is 5.39 Å². The summed E-state index contributed by atoms with van der Waals surface area (Å²) in [5.74, 6) is 0. The van der Waals surface area contributed by atoms with E-state index in [0.29, 0.717) is 0 Å². The molecule has 0 spiro atoms.